The van der Waals surface area contributed by atoms with E-state index in [0.717, 1.165) is 37.9 Å². The van der Waals surface area contributed by atoms with Gasteiger partial charge in [-0.25, -0.2) is 0 Å². The van der Waals surface area contributed by atoms with Crippen molar-refractivity contribution in [1.29, 1.82) is 0 Å². The van der Waals surface area contributed by atoms with E-state index in [4.69, 9.17) is 5.73 Å². The minimum Gasteiger partial charge on any atom is -0.338 e. The number of piperidine rings is 1. The minimum absolute atomic E-state index is 0. The number of fused-ring (bicyclic) bond motifs is 1. The molecule has 0 bridgehead atoms. The van der Waals surface area contributed by atoms with Gasteiger partial charge in [0.05, 0.1) is 0 Å². The van der Waals surface area contributed by atoms with Gasteiger partial charge < -0.3 is 10.6 Å². The summed E-state index contributed by atoms with van der Waals surface area (Å²) in [5, 5.41) is 0. The van der Waals surface area contributed by atoms with Crippen molar-refractivity contribution in [2.45, 2.75) is 52.0 Å². The van der Waals surface area contributed by atoms with Gasteiger partial charge in [-0.05, 0) is 60.8 Å². The monoisotopic (exact) mass is 322 g/mol. The van der Waals surface area contributed by atoms with E-state index in [2.05, 4.69) is 26.0 Å². The Balaban J connectivity index is 0.00000176. The molecule has 1 fully saturated rings. The van der Waals surface area contributed by atoms with Gasteiger partial charge in [-0.15, -0.1) is 12.4 Å². The van der Waals surface area contributed by atoms with Gasteiger partial charge >= 0.3 is 0 Å². The van der Waals surface area contributed by atoms with E-state index in [0.29, 0.717) is 0 Å². The number of benzene rings is 1. The number of nitrogens with two attached hydrogens (primary N) is 1. The number of carbonyl (C=O) groups excluding carboxylic acids is 1. The Hall–Kier alpha value is -1.06. The van der Waals surface area contributed by atoms with Crippen LogP contribution in [-0.4, -0.2) is 29.9 Å². The normalized spacial score (nSPS) is 23.4. The van der Waals surface area contributed by atoms with Gasteiger partial charge in [-0.3, -0.25) is 4.79 Å². The van der Waals surface area contributed by atoms with Gasteiger partial charge in [0, 0.05) is 24.7 Å². The summed E-state index contributed by atoms with van der Waals surface area (Å²) in [6.07, 6.45) is 5.70. The summed E-state index contributed by atoms with van der Waals surface area (Å²) in [4.78, 5) is 14.7. The summed E-state index contributed by atoms with van der Waals surface area (Å²) >= 11 is 0. The predicted octanol–water partition coefficient (Wildman–Crippen LogP) is 3.19. The molecule has 0 spiro atoms. The molecule has 0 aromatic heterocycles. The highest BCUT2D eigenvalue weighted by molar-refractivity contribution is 5.94. The van der Waals surface area contributed by atoms with Crippen molar-refractivity contribution in [3.05, 3.63) is 34.9 Å². The molecule has 1 heterocycles. The second kappa shape index (κ2) is 6.59. The first-order valence-corrected chi connectivity index (χ1v) is 8.14. The van der Waals surface area contributed by atoms with Gasteiger partial charge in [-0.1, -0.05) is 19.9 Å². The Morgan fingerprint density at radius 1 is 1.23 bits per heavy atom. The highest BCUT2D eigenvalue weighted by Gasteiger charge is 2.35. The predicted molar refractivity (Wildman–Crippen MR) is 92.6 cm³/mol. The highest BCUT2D eigenvalue weighted by Crippen LogP contribution is 2.29. The Bertz CT molecular complexity index is 556. The molecule has 0 saturated carbocycles. The average Bonchev–Trinajstić information content (AvgIpc) is 2.48. The van der Waals surface area contributed by atoms with Crippen LogP contribution in [0, 0.1) is 5.41 Å². The van der Waals surface area contributed by atoms with Crippen LogP contribution in [-0.2, 0) is 12.8 Å². The lowest BCUT2D eigenvalue weighted by atomic mass is 9.79. The molecule has 22 heavy (non-hydrogen) atoms. The van der Waals surface area contributed by atoms with E-state index in [1.165, 1.54) is 24.0 Å². The Morgan fingerprint density at radius 2 is 1.91 bits per heavy atom. The molecule has 3 rings (SSSR count). The molecule has 1 unspecified atom stereocenters. The van der Waals surface area contributed by atoms with Crippen molar-refractivity contribution < 1.29 is 4.79 Å². The molecular formula is C18H27ClN2O. The number of nitrogens with zero attached hydrogens (tertiary/aromatic N) is 1. The zero-order valence-electron chi connectivity index (χ0n) is 13.6. The SMILES string of the molecule is CC1(C)CN(C(=O)c2ccc3c(c2)CCCC3)CCC1N.Cl. The number of hydrogen-bond donors (Lipinski definition) is 1. The molecule has 122 valence electrons. The van der Waals surface area contributed by atoms with E-state index in [-0.39, 0.29) is 29.8 Å². The maximum absolute atomic E-state index is 12.8. The topological polar surface area (TPSA) is 46.3 Å². The van der Waals surface area contributed by atoms with Crippen molar-refractivity contribution in [3.63, 3.8) is 0 Å². The quantitative estimate of drug-likeness (QED) is 0.863. The second-order valence-electron chi connectivity index (χ2n) is 7.30. The van der Waals surface area contributed by atoms with Crippen molar-refractivity contribution in [3.8, 4) is 0 Å². The number of amides is 1. The molecule has 2 aliphatic rings. The molecule has 1 aliphatic heterocycles. The van der Waals surface area contributed by atoms with E-state index in [9.17, 15) is 4.79 Å². The average molecular weight is 323 g/mol. The lowest BCUT2D eigenvalue weighted by Gasteiger charge is -2.42. The molecule has 1 amide bonds. The van der Waals surface area contributed by atoms with Crippen molar-refractivity contribution in [2.24, 2.45) is 11.1 Å². The third-order valence-electron chi connectivity index (χ3n) is 5.19. The lowest BCUT2D eigenvalue weighted by molar-refractivity contribution is 0.0533. The maximum atomic E-state index is 12.8. The van der Waals surface area contributed by atoms with Crippen LogP contribution in [0.4, 0.5) is 0 Å². The fourth-order valence-electron chi connectivity index (χ4n) is 3.60. The third kappa shape index (κ3) is 3.31. The van der Waals surface area contributed by atoms with Crippen LogP contribution in [0.1, 0.15) is 54.6 Å². The van der Waals surface area contributed by atoms with Gasteiger partial charge in [0.15, 0.2) is 0 Å². The first-order valence-electron chi connectivity index (χ1n) is 8.14. The van der Waals surface area contributed by atoms with Crippen LogP contribution in [0.2, 0.25) is 0 Å². The molecular weight excluding hydrogens is 296 g/mol. The maximum Gasteiger partial charge on any atom is 0.253 e. The molecule has 1 aromatic rings. The fourth-order valence-corrected chi connectivity index (χ4v) is 3.60. The zero-order valence-corrected chi connectivity index (χ0v) is 14.4. The zero-order chi connectivity index (χ0) is 15.0. The standard InChI is InChI=1S/C18H26N2O.ClH/c1-18(2)12-20(10-9-16(18)19)17(21)15-8-7-13-5-3-4-6-14(13)11-15;/h7-8,11,16H,3-6,9-10,12,19H2,1-2H3;1H. The number of hydrogen-bond acceptors (Lipinski definition) is 2. The first kappa shape index (κ1) is 17.3. The van der Waals surface area contributed by atoms with E-state index in [1.54, 1.807) is 0 Å². The van der Waals surface area contributed by atoms with Gasteiger partial charge in [-0.2, -0.15) is 0 Å². The Kier molecular flexibility index (Phi) is 5.18. The summed E-state index contributed by atoms with van der Waals surface area (Å²) in [7, 11) is 0. The Labute approximate surface area is 139 Å². The fraction of sp³-hybridized carbons (Fsp3) is 0.611. The minimum atomic E-state index is 0. The van der Waals surface area contributed by atoms with Crippen LogP contribution >= 0.6 is 12.4 Å². The molecule has 2 N–H and O–H groups in total. The summed E-state index contributed by atoms with van der Waals surface area (Å²) < 4.78 is 0. The van der Waals surface area contributed by atoms with E-state index >= 15 is 0 Å². The van der Waals surface area contributed by atoms with Crippen LogP contribution in [0.3, 0.4) is 0 Å². The Morgan fingerprint density at radius 3 is 2.59 bits per heavy atom. The number of rotatable bonds is 1. The van der Waals surface area contributed by atoms with Gasteiger partial charge in [0.25, 0.3) is 5.91 Å². The largest absolute Gasteiger partial charge is 0.338 e. The van der Waals surface area contributed by atoms with Crippen LogP contribution in [0.5, 0.6) is 0 Å². The second-order valence-corrected chi connectivity index (χ2v) is 7.30. The summed E-state index contributed by atoms with van der Waals surface area (Å²) in [6.45, 7) is 5.85. The number of carbonyl (C=O) groups is 1. The van der Waals surface area contributed by atoms with Crippen molar-refractivity contribution >= 4 is 18.3 Å². The molecule has 1 aliphatic carbocycles. The summed E-state index contributed by atoms with van der Waals surface area (Å²) in [5.41, 5.74) is 9.82. The van der Waals surface area contributed by atoms with E-state index in [1.807, 2.05) is 11.0 Å². The number of aryl methyl sites for hydroxylation is 2. The van der Waals surface area contributed by atoms with Crippen molar-refractivity contribution in [2.75, 3.05) is 13.1 Å². The smallest absolute Gasteiger partial charge is 0.253 e. The highest BCUT2D eigenvalue weighted by atomic mass is 35.5. The molecule has 1 atom stereocenters. The van der Waals surface area contributed by atoms with Crippen molar-refractivity contribution in [1.82, 2.24) is 4.90 Å². The molecule has 4 heteroatoms. The van der Waals surface area contributed by atoms with Gasteiger partial charge in [0.2, 0.25) is 0 Å². The van der Waals surface area contributed by atoms with Crippen LogP contribution < -0.4 is 5.73 Å². The van der Waals surface area contributed by atoms with Crippen LogP contribution in [0.15, 0.2) is 18.2 Å². The molecule has 1 aromatic carbocycles. The summed E-state index contributed by atoms with van der Waals surface area (Å²) in [5.74, 6) is 0.170. The molecule has 3 nitrogen and oxygen atoms in total. The summed E-state index contributed by atoms with van der Waals surface area (Å²) in [6, 6.07) is 6.47. The molecule has 1 saturated heterocycles. The molecule has 0 radical (unpaired) electrons. The lowest BCUT2D eigenvalue weighted by Crippen LogP contribution is -2.54. The van der Waals surface area contributed by atoms with Gasteiger partial charge in [0.1, 0.15) is 0 Å². The van der Waals surface area contributed by atoms with Crippen LogP contribution in [0.25, 0.3) is 0 Å². The third-order valence-corrected chi connectivity index (χ3v) is 5.19. The number of likely N-dealkylation sites (tertiary alicyclic amines) is 1. The number of halogens is 1. The first-order chi connectivity index (χ1) is 9.97. The van der Waals surface area contributed by atoms with E-state index < -0.39 is 0 Å².